The molecule has 1 heterocycles. The van der Waals surface area contributed by atoms with Crippen LogP contribution in [0.5, 0.6) is 0 Å². The zero-order valence-electron chi connectivity index (χ0n) is 9.70. The first-order valence-electron chi connectivity index (χ1n) is 5.95. The Morgan fingerprint density at radius 3 is 2.62 bits per heavy atom. The third-order valence-corrected chi connectivity index (χ3v) is 3.59. The zero-order chi connectivity index (χ0) is 11.5. The van der Waals surface area contributed by atoms with Crippen LogP contribution in [0.1, 0.15) is 31.4 Å². The van der Waals surface area contributed by atoms with Crippen LogP contribution in [-0.4, -0.2) is 24.0 Å². The smallest absolute Gasteiger partial charge is 0.0406 e. The van der Waals surface area contributed by atoms with Gasteiger partial charge in [-0.05, 0) is 30.5 Å². The van der Waals surface area contributed by atoms with Gasteiger partial charge >= 0.3 is 0 Å². The van der Waals surface area contributed by atoms with E-state index in [2.05, 4.69) is 24.0 Å². The Bertz CT molecular complexity index is 336. The number of hydrogen-bond acceptors (Lipinski definition) is 2. The van der Waals surface area contributed by atoms with Crippen molar-refractivity contribution in [2.24, 2.45) is 5.73 Å². The summed E-state index contributed by atoms with van der Waals surface area (Å²) in [5, 5.41) is 0.803. The number of halogens is 1. The number of nitrogens with two attached hydrogens (primary N) is 1. The molecule has 1 aliphatic heterocycles. The fourth-order valence-electron chi connectivity index (χ4n) is 2.49. The highest BCUT2D eigenvalue weighted by molar-refractivity contribution is 6.30. The van der Waals surface area contributed by atoms with Gasteiger partial charge in [-0.1, -0.05) is 30.7 Å². The third kappa shape index (κ3) is 2.57. The molecule has 1 aromatic carbocycles. The fourth-order valence-corrected chi connectivity index (χ4v) is 2.61. The molecule has 0 saturated carbocycles. The molecule has 0 aromatic heterocycles. The molecule has 0 radical (unpaired) electrons. The van der Waals surface area contributed by atoms with Gasteiger partial charge in [0.15, 0.2) is 0 Å². The van der Waals surface area contributed by atoms with E-state index in [1.807, 2.05) is 12.1 Å². The highest BCUT2D eigenvalue weighted by Gasteiger charge is 2.25. The molecule has 0 aliphatic carbocycles. The van der Waals surface area contributed by atoms with E-state index >= 15 is 0 Å². The van der Waals surface area contributed by atoms with Gasteiger partial charge in [-0.25, -0.2) is 0 Å². The molecule has 2 N–H and O–H groups in total. The fraction of sp³-hybridized carbons (Fsp3) is 0.538. The Hall–Kier alpha value is -0.570. The van der Waals surface area contributed by atoms with Crippen LogP contribution in [0.15, 0.2) is 24.3 Å². The quantitative estimate of drug-likeness (QED) is 0.878. The van der Waals surface area contributed by atoms with Crippen LogP contribution < -0.4 is 5.73 Å². The molecule has 2 nitrogen and oxygen atoms in total. The second kappa shape index (κ2) is 5.17. The predicted octanol–water partition coefficient (Wildman–Crippen LogP) is 2.82. The maximum atomic E-state index is 5.96. The predicted molar refractivity (Wildman–Crippen MR) is 68.6 cm³/mol. The number of benzene rings is 1. The summed E-state index contributed by atoms with van der Waals surface area (Å²) < 4.78 is 0. The SMILES string of the molecule is CCC(c1ccc(Cl)cc1)N1CCC(N)C1. The Labute approximate surface area is 102 Å². The lowest BCUT2D eigenvalue weighted by Crippen LogP contribution is -2.29. The van der Waals surface area contributed by atoms with E-state index in [0.29, 0.717) is 12.1 Å². The summed E-state index contributed by atoms with van der Waals surface area (Å²) >= 11 is 5.91. The van der Waals surface area contributed by atoms with Crippen molar-refractivity contribution in [3.63, 3.8) is 0 Å². The number of hydrogen-bond donors (Lipinski definition) is 1. The molecule has 0 bridgehead atoms. The van der Waals surface area contributed by atoms with E-state index in [-0.39, 0.29) is 0 Å². The highest BCUT2D eigenvalue weighted by atomic mass is 35.5. The molecule has 1 saturated heterocycles. The average molecular weight is 239 g/mol. The Balaban J connectivity index is 2.13. The van der Waals surface area contributed by atoms with Gasteiger partial charge in [-0.3, -0.25) is 4.90 Å². The lowest BCUT2D eigenvalue weighted by Gasteiger charge is -2.27. The Morgan fingerprint density at radius 2 is 2.12 bits per heavy atom. The number of nitrogens with zero attached hydrogens (tertiary/aromatic N) is 1. The minimum absolute atomic E-state index is 0.348. The van der Waals surface area contributed by atoms with Gasteiger partial charge < -0.3 is 5.73 Å². The van der Waals surface area contributed by atoms with Crippen molar-refractivity contribution in [1.29, 1.82) is 0 Å². The third-order valence-electron chi connectivity index (χ3n) is 3.34. The summed E-state index contributed by atoms with van der Waals surface area (Å²) in [7, 11) is 0. The summed E-state index contributed by atoms with van der Waals surface area (Å²) in [6.07, 6.45) is 2.23. The van der Waals surface area contributed by atoms with Crippen LogP contribution in [0.3, 0.4) is 0 Å². The summed E-state index contributed by atoms with van der Waals surface area (Å²) in [4.78, 5) is 2.48. The first-order valence-corrected chi connectivity index (χ1v) is 6.33. The van der Waals surface area contributed by atoms with Gasteiger partial charge in [-0.15, -0.1) is 0 Å². The summed E-state index contributed by atoms with van der Waals surface area (Å²) in [6, 6.07) is 9.03. The Kier molecular flexibility index (Phi) is 3.85. The van der Waals surface area contributed by atoms with E-state index in [4.69, 9.17) is 17.3 Å². The van der Waals surface area contributed by atoms with Crippen LogP contribution in [0.2, 0.25) is 5.02 Å². The van der Waals surface area contributed by atoms with Gasteiger partial charge in [0.2, 0.25) is 0 Å². The topological polar surface area (TPSA) is 29.3 Å². The van der Waals surface area contributed by atoms with Crippen molar-refractivity contribution in [3.05, 3.63) is 34.9 Å². The van der Waals surface area contributed by atoms with Gasteiger partial charge in [0.25, 0.3) is 0 Å². The summed E-state index contributed by atoms with van der Waals surface area (Å²) in [5.41, 5.74) is 7.31. The largest absolute Gasteiger partial charge is 0.326 e. The molecule has 2 atom stereocenters. The van der Waals surface area contributed by atoms with Crippen molar-refractivity contribution in [2.75, 3.05) is 13.1 Å². The van der Waals surface area contributed by atoms with Crippen LogP contribution >= 0.6 is 11.6 Å². The first-order chi connectivity index (χ1) is 7.70. The molecular weight excluding hydrogens is 220 g/mol. The van der Waals surface area contributed by atoms with Crippen molar-refractivity contribution in [1.82, 2.24) is 4.90 Å². The average Bonchev–Trinajstić information content (AvgIpc) is 2.69. The highest BCUT2D eigenvalue weighted by Crippen LogP contribution is 2.28. The minimum Gasteiger partial charge on any atom is -0.326 e. The van der Waals surface area contributed by atoms with Crippen LogP contribution in [0.4, 0.5) is 0 Å². The molecular formula is C13H19ClN2. The van der Waals surface area contributed by atoms with Crippen molar-refractivity contribution in [3.8, 4) is 0 Å². The molecule has 2 unspecified atom stereocenters. The van der Waals surface area contributed by atoms with Gasteiger partial charge in [0.05, 0.1) is 0 Å². The van der Waals surface area contributed by atoms with Crippen LogP contribution in [-0.2, 0) is 0 Å². The molecule has 3 heteroatoms. The molecule has 88 valence electrons. The number of rotatable bonds is 3. The molecule has 1 aliphatic rings. The molecule has 1 aromatic rings. The van der Waals surface area contributed by atoms with Crippen molar-refractivity contribution >= 4 is 11.6 Å². The van der Waals surface area contributed by atoms with Crippen molar-refractivity contribution in [2.45, 2.75) is 31.8 Å². The standard InChI is InChI=1S/C13H19ClN2/c1-2-13(16-8-7-12(15)9-16)10-3-5-11(14)6-4-10/h3-6,12-13H,2,7-9,15H2,1H3. The van der Waals surface area contributed by atoms with E-state index in [1.54, 1.807) is 0 Å². The Morgan fingerprint density at radius 1 is 1.44 bits per heavy atom. The van der Waals surface area contributed by atoms with Gasteiger partial charge in [0, 0.05) is 30.2 Å². The molecule has 0 amide bonds. The number of likely N-dealkylation sites (tertiary alicyclic amines) is 1. The normalized spacial score (nSPS) is 23.6. The molecule has 0 spiro atoms. The van der Waals surface area contributed by atoms with E-state index in [9.17, 15) is 0 Å². The first kappa shape index (κ1) is 11.9. The van der Waals surface area contributed by atoms with Crippen LogP contribution in [0, 0.1) is 0 Å². The molecule has 16 heavy (non-hydrogen) atoms. The summed E-state index contributed by atoms with van der Waals surface area (Å²) in [5.74, 6) is 0. The maximum absolute atomic E-state index is 5.96. The van der Waals surface area contributed by atoms with Crippen LogP contribution in [0.25, 0.3) is 0 Å². The second-order valence-corrected chi connectivity index (χ2v) is 4.96. The second-order valence-electron chi connectivity index (χ2n) is 4.52. The zero-order valence-corrected chi connectivity index (χ0v) is 10.5. The van der Waals surface area contributed by atoms with Crippen molar-refractivity contribution < 1.29 is 0 Å². The maximum Gasteiger partial charge on any atom is 0.0406 e. The van der Waals surface area contributed by atoms with E-state index in [1.165, 1.54) is 5.56 Å². The van der Waals surface area contributed by atoms with E-state index < -0.39 is 0 Å². The lowest BCUT2D eigenvalue weighted by atomic mass is 10.0. The summed E-state index contributed by atoms with van der Waals surface area (Å²) in [6.45, 7) is 4.35. The van der Waals surface area contributed by atoms with Gasteiger partial charge in [0.1, 0.15) is 0 Å². The van der Waals surface area contributed by atoms with E-state index in [0.717, 1.165) is 31.0 Å². The molecule has 2 rings (SSSR count). The van der Waals surface area contributed by atoms with Gasteiger partial charge in [-0.2, -0.15) is 0 Å². The molecule has 1 fully saturated rings. The lowest BCUT2D eigenvalue weighted by molar-refractivity contribution is 0.236. The minimum atomic E-state index is 0.348. The monoisotopic (exact) mass is 238 g/mol.